The molecule has 0 heterocycles. The lowest BCUT2D eigenvalue weighted by atomic mass is 9.91. The standard InChI is InChI=1S/C44H36N2/c1-29-8-18-35(19-9-29)45(36-20-10-30(2)11-21-36)41-28-42(40-27-17-34-7-5-6-33-16-26-39(41)44(40)43(33)34)46(37-22-12-31(3)13-23-37)38-24-14-32(4)15-25-38/h5-28H,1-4H3. The second-order valence-electron chi connectivity index (χ2n) is 12.6. The zero-order valence-electron chi connectivity index (χ0n) is 26.8. The fourth-order valence-electron chi connectivity index (χ4n) is 6.79. The number of benzene rings is 8. The number of aryl methyl sites for hydroxylation is 4. The maximum absolute atomic E-state index is 2.43. The normalized spacial score (nSPS) is 11.5. The molecule has 0 N–H and O–H groups in total. The van der Waals surface area contributed by atoms with E-state index in [-0.39, 0.29) is 0 Å². The van der Waals surface area contributed by atoms with Crippen molar-refractivity contribution in [1.82, 2.24) is 0 Å². The molecular formula is C44H36N2. The first-order chi connectivity index (χ1) is 22.4. The van der Waals surface area contributed by atoms with Crippen molar-refractivity contribution in [2.45, 2.75) is 27.7 Å². The third-order valence-corrected chi connectivity index (χ3v) is 9.25. The minimum absolute atomic E-state index is 1.13. The van der Waals surface area contributed by atoms with Gasteiger partial charge in [-0.3, -0.25) is 0 Å². The Morgan fingerprint density at radius 2 is 0.652 bits per heavy atom. The van der Waals surface area contributed by atoms with Crippen molar-refractivity contribution in [2.24, 2.45) is 0 Å². The van der Waals surface area contributed by atoms with E-state index in [2.05, 4.69) is 183 Å². The first-order valence-corrected chi connectivity index (χ1v) is 16.0. The van der Waals surface area contributed by atoms with Gasteiger partial charge in [-0.2, -0.15) is 0 Å². The molecule has 0 aliphatic heterocycles. The Labute approximate surface area is 271 Å². The highest BCUT2D eigenvalue weighted by Gasteiger charge is 2.24. The van der Waals surface area contributed by atoms with E-state index in [0.717, 1.165) is 34.1 Å². The van der Waals surface area contributed by atoms with Crippen molar-refractivity contribution in [3.63, 3.8) is 0 Å². The summed E-state index contributed by atoms with van der Waals surface area (Å²) in [6.07, 6.45) is 0. The van der Waals surface area contributed by atoms with Crippen molar-refractivity contribution in [1.29, 1.82) is 0 Å². The summed E-state index contributed by atoms with van der Waals surface area (Å²) in [6, 6.07) is 53.8. The third kappa shape index (κ3) is 4.74. The van der Waals surface area contributed by atoms with Gasteiger partial charge in [-0.05, 0) is 98.5 Å². The Kier molecular flexibility index (Phi) is 6.73. The minimum Gasteiger partial charge on any atom is -0.310 e. The van der Waals surface area contributed by atoms with E-state index in [4.69, 9.17) is 0 Å². The van der Waals surface area contributed by atoms with Crippen molar-refractivity contribution in [2.75, 3.05) is 9.80 Å². The number of rotatable bonds is 6. The maximum atomic E-state index is 2.43. The van der Waals surface area contributed by atoms with Gasteiger partial charge in [0.15, 0.2) is 0 Å². The molecule has 2 nitrogen and oxygen atoms in total. The topological polar surface area (TPSA) is 6.48 Å². The average Bonchev–Trinajstić information content (AvgIpc) is 3.08. The molecule has 0 saturated carbocycles. The van der Waals surface area contributed by atoms with Crippen LogP contribution in [0.4, 0.5) is 34.1 Å². The van der Waals surface area contributed by atoms with Crippen molar-refractivity contribution < 1.29 is 0 Å². The van der Waals surface area contributed by atoms with Gasteiger partial charge in [0.2, 0.25) is 0 Å². The Morgan fingerprint density at radius 3 is 0.978 bits per heavy atom. The van der Waals surface area contributed by atoms with E-state index in [0.29, 0.717) is 0 Å². The minimum atomic E-state index is 1.13. The van der Waals surface area contributed by atoms with Crippen molar-refractivity contribution in [3.05, 3.63) is 168 Å². The third-order valence-electron chi connectivity index (χ3n) is 9.25. The molecule has 0 unspecified atom stereocenters. The van der Waals surface area contributed by atoms with Gasteiger partial charge in [-0.25, -0.2) is 0 Å². The molecule has 0 aromatic heterocycles. The predicted molar refractivity (Wildman–Crippen MR) is 198 cm³/mol. The highest BCUT2D eigenvalue weighted by atomic mass is 15.2. The summed E-state index contributed by atoms with van der Waals surface area (Å²) < 4.78 is 0. The average molecular weight is 593 g/mol. The Balaban J connectivity index is 1.52. The molecule has 8 rings (SSSR count). The van der Waals surface area contributed by atoms with E-state index in [1.165, 1.54) is 54.6 Å². The van der Waals surface area contributed by atoms with Crippen LogP contribution >= 0.6 is 0 Å². The van der Waals surface area contributed by atoms with E-state index >= 15 is 0 Å². The van der Waals surface area contributed by atoms with Crippen LogP contribution in [0.25, 0.3) is 32.3 Å². The van der Waals surface area contributed by atoms with Crippen LogP contribution in [0.2, 0.25) is 0 Å². The smallest absolute Gasteiger partial charge is 0.0561 e. The van der Waals surface area contributed by atoms with Crippen LogP contribution in [0, 0.1) is 27.7 Å². The van der Waals surface area contributed by atoms with Gasteiger partial charge < -0.3 is 9.80 Å². The summed E-state index contributed by atoms with van der Waals surface area (Å²) in [7, 11) is 0. The Morgan fingerprint density at radius 1 is 0.326 bits per heavy atom. The molecule has 222 valence electrons. The SMILES string of the molecule is Cc1ccc(N(c2ccc(C)cc2)c2cc(N(c3ccc(C)cc3)c3ccc(C)cc3)c3ccc4cccc5ccc2c3c54)cc1. The molecule has 0 fully saturated rings. The summed E-state index contributed by atoms with van der Waals surface area (Å²) in [6.45, 7) is 8.59. The van der Waals surface area contributed by atoms with Crippen LogP contribution < -0.4 is 9.80 Å². The van der Waals surface area contributed by atoms with Gasteiger partial charge >= 0.3 is 0 Å². The molecular weight excluding hydrogens is 556 g/mol. The van der Waals surface area contributed by atoms with Crippen LogP contribution in [0.15, 0.2) is 146 Å². The maximum Gasteiger partial charge on any atom is 0.0561 e. The summed E-state index contributed by atoms with van der Waals surface area (Å²) in [4.78, 5) is 4.85. The first-order valence-electron chi connectivity index (χ1n) is 16.0. The zero-order valence-corrected chi connectivity index (χ0v) is 26.8. The monoisotopic (exact) mass is 592 g/mol. The molecule has 2 heteroatoms. The highest BCUT2D eigenvalue weighted by Crippen LogP contribution is 2.50. The number of hydrogen-bond donors (Lipinski definition) is 0. The van der Waals surface area contributed by atoms with Gasteiger partial charge in [0.25, 0.3) is 0 Å². The molecule has 8 aromatic rings. The zero-order chi connectivity index (χ0) is 31.4. The fourth-order valence-corrected chi connectivity index (χ4v) is 6.79. The van der Waals surface area contributed by atoms with E-state index in [1.54, 1.807) is 0 Å². The summed E-state index contributed by atoms with van der Waals surface area (Å²) in [5.41, 5.74) is 11.8. The number of anilines is 6. The molecule has 0 amide bonds. The molecule has 0 aliphatic rings. The van der Waals surface area contributed by atoms with Crippen LogP contribution in [-0.4, -0.2) is 0 Å². The molecule has 0 saturated heterocycles. The van der Waals surface area contributed by atoms with Gasteiger partial charge in [0.05, 0.1) is 11.4 Å². The van der Waals surface area contributed by atoms with E-state index in [9.17, 15) is 0 Å². The first kappa shape index (κ1) is 27.9. The quantitative estimate of drug-likeness (QED) is 0.177. The number of nitrogens with zero attached hydrogens (tertiary/aromatic N) is 2. The van der Waals surface area contributed by atoms with Gasteiger partial charge in [-0.15, -0.1) is 0 Å². The van der Waals surface area contributed by atoms with Crippen LogP contribution in [0.1, 0.15) is 22.3 Å². The molecule has 0 radical (unpaired) electrons. The second-order valence-corrected chi connectivity index (χ2v) is 12.6. The highest BCUT2D eigenvalue weighted by molar-refractivity contribution is 6.28. The molecule has 0 atom stereocenters. The summed E-state index contributed by atoms with van der Waals surface area (Å²) in [5.74, 6) is 0. The molecule has 0 aliphatic carbocycles. The van der Waals surface area contributed by atoms with Gasteiger partial charge in [-0.1, -0.05) is 113 Å². The van der Waals surface area contributed by atoms with E-state index < -0.39 is 0 Å². The lowest BCUT2D eigenvalue weighted by Crippen LogP contribution is -2.14. The second kappa shape index (κ2) is 11.1. The Hall–Kier alpha value is -5.60. The van der Waals surface area contributed by atoms with E-state index in [1.807, 2.05) is 0 Å². The fraction of sp³-hybridized carbons (Fsp3) is 0.0909. The molecule has 0 spiro atoms. The van der Waals surface area contributed by atoms with Gasteiger partial charge in [0.1, 0.15) is 0 Å². The Bertz CT molecular complexity index is 2060. The molecule has 0 bridgehead atoms. The lowest BCUT2D eigenvalue weighted by Gasteiger charge is -2.32. The lowest BCUT2D eigenvalue weighted by molar-refractivity contribution is 1.26. The van der Waals surface area contributed by atoms with Crippen molar-refractivity contribution in [3.8, 4) is 0 Å². The molecule has 46 heavy (non-hydrogen) atoms. The summed E-state index contributed by atoms with van der Waals surface area (Å²) >= 11 is 0. The van der Waals surface area contributed by atoms with Crippen LogP contribution in [-0.2, 0) is 0 Å². The number of hydrogen-bond acceptors (Lipinski definition) is 2. The summed E-state index contributed by atoms with van der Waals surface area (Å²) in [5, 5.41) is 7.58. The van der Waals surface area contributed by atoms with Crippen LogP contribution in [0.3, 0.4) is 0 Å². The largest absolute Gasteiger partial charge is 0.310 e. The molecule has 8 aromatic carbocycles. The predicted octanol–water partition coefficient (Wildman–Crippen LogP) is 12.8. The van der Waals surface area contributed by atoms with Crippen LogP contribution in [0.5, 0.6) is 0 Å². The van der Waals surface area contributed by atoms with Crippen molar-refractivity contribution >= 4 is 66.4 Å². The van der Waals surface area contributed by atoms with Gasteiger partial charge in [0, 0.05) is 38.9 Å².